The van der Waals surface area contributed by atoms with Crippen molar-refractivity contribution in [1.29, 1.82) is 0 Å². The fourth-order valence-corrected chi connectivity index (χ4v) is 6.68. The first-order valence-electron chi connectivity index (χ1n) is 17.7. The van der Waals surface area contributed by atoms with Crippen molar-refractivity contribution < 1.29 is 28.2 Å². The van der Waals surface area contributed by atoms with Crippen molar-refractivity contribution in [3.63, 3.8) is 0 Å². The molecule has 7 rings (SSSR count). The number of amides is 2. The molecule has 1 saturated heterocycles. The molecule has 12 nitrogen and oxygen atoms in total. The summed E-state index contributed by atoms with van der Waals surface area (Å²) >= 11 is 0. The number of pyridine rings is 2. The predicted molar refractivity (Wildman–Crippen MR) is 200 cm³/mol. The number of anilines is 3. The van der Waals surface area contributed by atoms with E-state index in [1.165, 1.54) is 12.1 Å². The van der Waals surface area contributed by atoms with Crippen molar-refractivity contribution in [2.75, 3.05) is 50.6 Å². The first-order chi connectivity index (χ1) is 25.4. The minimum absolute atomic E-state index is 0.00878. The average molecular weight is 722 g/mol. The molecule has 5 aromatic rings. The molecule has 0 aliphatic carbocycles. The molecule has 5 heterocycles. The first-order valence-corrected chi connectivity index (χ1v) is 17.7. The Bertz CT molecular complexity index is 2130. The van der Waals surface area contributed by atoms with Crippen molar-refractivity contribution in [1.82, 2.24) is 24.2 Å². The van der Waals surface area contributed by atoms with Gasteiger partial charge in [0.25, 0.3) is 5.91 Å². The topological polar surface area (TPSA) is 114 Å². The summed E-state index contributed by atoms with van der Waals surface area (Å²) in [4.78, 5) is 42.3. The van der Waals surface area contributed by atoms with E-state index in [0.29, 0.717) is 79.0 Å². The predicted octanol–water partition coefficient (Wildman–Crippen LogP) is 6.65. The quantitative estimate of drug-likeness (QED) is 0.178. The van der Waals surface area contributed by atoms with Gasteiger partial charge in [-0.05, 0) is 70.3 Å². The number of imidazole rings is 1. The van der Waals surface area contributed by atoms with Crippen molar-refractivity contribution in [3.8, 4) is 11.3 Å². The van der Waals surface area contributed by atoms with Gasteiger partial charge in [0.05, 0.1) is 67.0 Å². The number of halogens is 1. The van der Waals surface area contributed by atoms with Crippen LogP contribution in [0.4, 0.5) is 26.4 Å². The van der Waals surface area contributed by atoms with Crippen LogP contribution in [-0.2, 0) is 33.9 Å². The van der Waals surface area contributed by atoms with Gasteiger partial charge in [-0.2, -0.15) is 0 Å². The molecule has 276 valence electrons. The van der Waals surface area contributed by atoms with Crippen LogP contribution in [0.5, 0.6) is 0 Å². The third-order valence-corrected chi connectivity index (χ3v) is 9.03. The summed E-state index contributed by atoms with van der Waals surface area (Å²) in [5.41, 5.74) is 5.33. The maximum Gasteiger partial charge on any atom is 0.417 e. The molecular weight excluding hydrogens is 677 g/mol. The molecule has 53 heavy (non-hydrogen) atoms. The highest BCUT2D eigenvalue weighted by atomic mass is 19.1. The lowest BCUT2D eigenvalue weighted by Crippen LogP contribution is -2.37. The third-order valence-electron chi connectivity index (χ3n) is 9.03. The second-order valence-electron chi connectivity index (χ2n) is 14.6. The largest absolute Gasteiger partial charge is 0.443 e. The Balaban J connectivity index is 1.21. The van der Waals surface area contributed by atoms with Crippen molar-refractivity contribution in [2.24, 2.45) is 0 Å². The van der Waals surface area contributed by atoms with E-state index in [9.17, 15) is 14.0 Å². The highest BCUT2D eigenvalue weighted by molar-refractivity contribution is 6.11. The minimum Gasteiger partial charge on any atom is -0.443 e. The zero-order valence-electron chi connectivity index (χ0n) is 30.6. The van der Waals surface area contributed by atoms with Crippen molar-refractivity contribution >= 4 is 34.8 Å². The van der Waals surface area contributed by atoms with Gasteiger partial charge in [0.15, 0.2) is 0 Å². The standard InChI is InChI=1S/C40H44FN7O5/c1-40(2,3)53-39(50)48-22-30-29(34-20-42-36-19-27(41)15-16-47(34)36)11-12-31(37(30)38(48)49)43-35-14-13-33(32(44-35)23-45(4)5)46-17-18-51-25-28(21-46)52-24-26-9-7-6-8-10-26/h6-16,19-20,28H,17-18,21-25H2,1-5H3,(H,43,44). The van der Waals surface area contributed by atoms with Gasteiger partial charge in [0, 0.05) is 37.5 Å². The van der Waals surface area contributed by atoms with Gasteiger partial charge in [-0.15, -0.1) is 0 Å². The fraction of sp³-hybridized carbons (Fsp3) is 0.350. The number of nitrogens with zero attached hydrogens (tertiary/aromatic N) is 6. The summed E-state index contributed by atoms with van der Waals surface area (Å²) < 4.78 is 33.6. The Labute approximate surface area is 308 Å². The number of imide groups is 1. The smallest absolute Gasteiger partial charge is 0.417 e. The second-order valence-corrected chi connectivity index (χ2v) is 14.6. The number of carbonyl (C=O) groups excluding carboxylic acids is 2. The second kappa shape index (κ2) is 14.9. The van der Waals surface area contributed by atoms with Crippen LogP contribution in [-0.4, -0.2) is 88.3 Å². The Hall–Kier alpha value is -5.37. The molecule has 13 heteroatoms. The van der Waals surface area contributed by atoms with E-state index < -0.39 is 23.4 Å². The number of hydrogen-bond donors (Lipinski definition) is 1. The monoisotopic (exact) mass is 721 g/mol. The zero-order valence-corrected chi connectivity index (χ0v) is 30.6. The molecule has 1 unspecified atom stereocenters. The normalized spacial score (nSPS) is 16.3. The van der Waals surface area contributed by atoms with Crippen LogP contribution in [0.15, 0.2) is 79.1 Å². The number of aromatic nitrogens is 3. The molecule has 1 N–H and O–H groups in total. The van der Waals surface area contributed by atoms with E-state index in [0.717, 1.165) is 21.8 Å². The van der Waals surface area contributed by atoms with Crippen LogP contribution in [0.2, 0.25) is 0 Å². The molecular formula is C40H44FN7O5. The Morgan fingerprint density at radius 1 is 1.09 bits per heavy atom. The first kappa shape index (κ1) is 36.0. The summed E-state index contributed by atoms with van der Waals surface area (Å²) in [6.07, 6.45) is 2.37. The van der Waals surface area contributed by atoms with Gasteiger partial charge in [-0.3, -0.25) is 9.20 Å². The van der Waals surface area contributed by atoms with E-state index in [-0.39, 0.29) is 12.6 Å². The molecule has 0 radical (unpaired) electrons. The van der Waals surface area contributed by atoms with Crippen LogP contribution < -0.4 is 10.2 Å². The molecule has 0 bridgehead atoms. The Morgan fingerprint density at radius 3 is 2.68 bits per heavy atom. The van der Waals surface area contributed by atoms with Gasteiger partial charge >= 0.3 is 6.09 Å². The van der Waals surface area contributed by atoms with Crippen LogP contribution in [0.3, 0.4) is 0 Å². The lowest BCUT2D eigenvalue weighted by molar-refractivity contribution is -0.00796. The Kier molecular flexibility index (Phi) is 10.1. The van der Waals surface area contributed by atoms with Crippen molar-refractivity contribution in [2.45, 2.75) is 52.2 Å². The summed E-state index contributed by atoms with van der Waals surface area (Å²) in [5, 5.41) is 3.39. The van der Waals surface area contributed by atoms with E-state index in [4.69, 9.17) is 19.2 Å². The molecule has 2 aliphatic rings. The maximum atomic E-state index is 14.1. The lowest BCUT2D eigenvalue weighted by Gasteiger charge is -2.28. The van der Waals surface area contributed by atoms with E-state index in [1.54, 1.807) is 43.6 Å². The fourth-order valence-electron chi connectivity index (χ4n) is 6.68. The molecule has 0 saturated carbocycles. The summed E-state index contributed by atoms with van der Waals surface area (Å²) in [6, 6.07) is 20.4. The number of carbonyl (C=O) groups is 2. The molecule has 0 spiro atoms. The van der Waals surface area contributed by atoms with Gasteiger partial charge in [-0.1, -0.05) is 36.4 Å². The number of fused-ring (bicyclic) bond motifs is 2. The number of benzene rings is 2. The third kappa shape index (κ3) is 8.02. The summed E-state index contributed by atoms with van der Waals surface area (Å²) in [5.74, 6) is -0.356. The van der Waals surface area contributed by atoms with Crippen LogP contribution >= 0.6 is 0 Å². The highest BCUT2D eigenvalue weighted by Crippen LogP contribution is 2.39. The van der Waals surface area contributed by atoms with E-state index in [2.05, 4.69) is 20.1 Å². The lowest BCUT2D eigenvalue weighted by atomic mass is 9.99. The molecule has 2 aliphatic heterocycles. The number of nitrogens with one attached hydrogen (secondary N) is 1. The molecule has 2 amide bonds. The zero-order chi connectivity index (χ0) is 37.3. The van der Waals surface area contributed by atoms with E-state index in [1.807, 2.05) is 62.6 Å². The minimum atomic E-state index is -0.802. The summed E-state index contributed by atoms with van der Waals surface area (Å²) in [6.45, 7) is 8.70. The maximum absolute atomic E-state index is 14.1. The highest BCUT2D eigenvalue weighted by Gasteiger charge is 2.39. The average Bonchev–Trinajstić information content (AvgIpc) is 3.59. The number of rotatable bonds is 9. The van der Waals surface area contributed by atoms with E-state index >= 15 is 0 Å². The Morgan fingerprint density at radius 2 is 1.91 bits per heavy atom. The summed E-state index contributed by atoms with van der Waals surface area (Å²) in [7, 11) is 3.99. The molecule has 1 fully saturated rings. The van der Waals surface area contributed by atoms with Gasteiger partial charge in [0.2, 0.25) is 0 Å². The number of hydrogen-bond acceptors (Lipinski definition) is 10. The van der Waals surface area contributed by atoms with Crippen molar-refractivity contribution in [3.05, 3.63) is 107 Å². The molecule has 2 aromatic carbocycles. The molecule has 1 atom stereocenters. The van der Waals surface area contributed by atoms with Crippen LogP contribution in [0.1, 0.15) is 48.0 Å². The molecule has 3 aromatic heterocycles. The van der Waals surface area contributed by atoms with Gasteiger partial charge < -0.3 is 29.3 Å². The van der Waals surface area contributed by atoms with Gasteiger partial charge in [0.1, 0.15) is 22.9 Å². The SMILES string of the molecule is CN(C)Cc1nc(Nc2ccc(-c3cnc4cc(F)ccn34)c3c2C(=O)N(C(=O)OC(C)(C)C)C3)ccc1N1CCOCC(OCc2ccccc2)C1. The van der Waals surface area contributed by atoms with Crippen LogP contribution in [0.25, 0.3) is 16.9 Å². The van der Waals surface area contributed by atoms with Crippen LogP contribution in [0, 0.1) is 5.82 Å². The van der Waals surface area contributed by atoms with Gasteiger partial charge in [-0.25, -0.2) is 24.1 Å². The number of ether oxygens (including phenoxy) is 3.